The van der Waals surface area contributed by atoms with Gasteiger partial charge < -0.3 is 15.2 Å². The summed E-state index contributed by atoms with van der Waals surface area (Å²) in [5, 5.41) is 10.7. The van der Waals surface area contributed by atoms with Gasteiger partial charge in [0.1, 0.15) is 5.82 Å². The normalized spacial score (nSPS) is 18.8. The fourth-order valence-corrected chi connectivity index (χ4v) is 4.02. The van der Waals surface area contributed by atoms with Crippen molar-refractivity contribution in [3.05, 3.63) is 77.7 Å². The quantitative estimate of drug-likeness (QED) is 0.622. The van der Waals surface area contributed by atoms with E-state index in [0.717, 1.165) is 42.8 Å². The number of halogens is 1. The molecule has 1 amide bonds. The van der Waals surface area contributed by atoms with Gasteiger partial charge in [0.2, 0.25) is 5.91 Å². The number of nitrogens with zero attached hydrogens (tertiary/aromatic N) is 1. The molecule has 1 saturated heterocycles. The van der Waals surface area contributed by atoms with E-state index in [1.165, 1.54) is 12.1 Å². The molecule has 1 aliphatic rings. The Kier molecular flexibility index (Phi) is 6.54. The molecule has 4 rings (SSSR count). The Hall–Kier alpha value is -2.99. The predicted octanol–water partition coefficient (Wildman–Crippen LogP) is 3.96. The highest BCUT2D eigenvalue weighted by molar-refractivity contribution is 5.76. The van der Waals surface area contributed by atoms with Crippen LogP contribution in [0, 0.1) is 17.7 Å². The molecule has 0 saturated carbocycles. The van der Waals surface area contributed by atoms with Crippen molar-refractivity contribution in [1.82, 2.24) is 15.8 Å². The number of benzene rings is 2. The van der Waals surface area contributed by atoms with Crippen LogP contribution in [0.1, 0.15) is 24.1 Å². The Labute approximate surface area is 175 Å². The van der Waals surface area contributed by atoms with E-state index in [9.17, 15) is 9.18 Å². The first kappa shape index (κ1) is 20.3. The Morgan fingerprint density at radius 2 is 1.93 bits per heavy atom. The first-order chi connectivity index (χ1) is 14.7. The number of carbonyl (C=O) groups is 1. The molecule has 0 spiro atoms. The Morgan fingerprint density at radius 3 is 2.73 bits per heavy atom. The van der Waals surface area contributed by atoms with Crippen molar-refractivity contribution in [3.8, 4) is 11.3 Å². The minimum atomic E-state index is -0.278. The van der Waals surface area contributed by atoms with Gasteiger partial charge in [-0.1, -0.05) is 35.5 Å². The lowest BCUT2D eigenvalue weighted by Crippen LogP contribution is -2.40. The summed E-state index contributed by atoms with van der Waals surface area (Å²) < 4.78 is 18.6. The van der Waals surface area contributed by atoms with Crippen molar-refractivity contribution < 1.29 is 13.7 Å². The van der Waals surface area contributed by atoms with Crippen LogP contribution in [-0.4, -0.2) is 24.2 Å². The van der Waals surface area contributed by atoms with Gasteiger partial charge in [-0.2, -0.15) is 0 Å². The van der Waals surface area contributed by atoms with E-state index in [2.05, 4.69) is 15.8 Å². The van der Waals surface area contributed by atoms with Gasteiger partial charge in [0, 0.05) is 24.6 Å². The van der Waals surface area contributed by atoms with Gasteiger partial charge in [0.25, 0.3) is 0 Å². The Bertz CT molecular complexity index is 956. The van der Waals surface area contributed by atoms with E-state index in [-0.39, 0.29) is 11.7 Å². The highest BCUT2D eigenvalue weighted by Crippen LogP contribution is 2.28. The van der Waals surface area contributed by atoms with Crippen molar-refractivity contribution in [2.45, 2.75) is 25.8 Å². The molecular weight excluding hydrogens is 381 g/mol. The summed E-state index contributed by atoms with van der Waals surface area (Å²) in [4.78, 5) is 12.5. The molecule has 6 heteroatoms. The first-order valence-corrected chi connectivity index (χ1v) is 10.4. The van der Waals surface area contributed by atoms with Crippen molar-refractivity contribution >= 4 is 5.91 Å². The minimum Gasteiger partial charge on any atom is -0.356 e. The Balaban J connectivity index is 1.34. The molecule has 3 aromatic rings. The molecule has 5 nitrogen and oxygen atoms in total. The maximum Gasteiger partial charge on any atom is 0.220 e. The summed E-state index contributed by atoms with van der Waals surface area (Å²) in [6.45, 7) is 2.34. The molecule has 2 aromatic carbocycles. The van der Waals surface area contributed by atoms with Crippen LogP contribution in [-0.2, 0) is 17.8 Å². The number of hydrogen-bond acceptors (Lipinski definition) is 4. The molecule has 2 N–H and O–H groups in total. The summed E-state index contributed by atoms with van der Waals surface area (Å²) >= 11 is 0. The van der Waals surface area contributed by atoms with Gasteiger partial charge in [-0.05, 0) is 67.6 Å². The summed E-state index contributed by atoms with van der Waals surface area (Å²) in [7, 11) is 0. The minimum absolute atomic E-state index is 0.0860. The fraction of sp³-hybridized carbons (Fsp3) is 0.333. The van der Waals surface area contributed by atoms with Crippen molar-refractivity contribution in [2.75, 3.05) is 13.1 Å². The highest BCUT2D eigenvalue weighted by atomic mass is 19.1. The SMILES string of the molecule is O=C(CC1CCNCC1Cc1cc(-c2ccc(F)cc2)on1)NCc1ccccc1. The van der Waals surface area contributed by atoms with Crippen LogP contribution >= 0.6 is 0 Å². The van der Waals surface area contributed by atoms with E-state index in [4.69, 9.17) is 4.52 Å². The third-order valence-corrected chi connectivity index (χ3v) is 5.70. The maximum atomic E-state index is 13.1. The van der Waals surface area contributed by atoms with Crippen LogP contribution in [0.2, 0.25) is 0 Å². The van der Waals surface area contributed by atoms with Crippen molar-refractivity contribution in [3.63, 3.8) is 0 Å². The zero-order valence-electron chi connectivity index (χ0n) is 16.8. The van der Waals surface area contributed by atoms with Gasteiger partial charge >= 0.3 is 0 Å². The van der Waals surface area contributed by atoms with Crippen molar-refractivity contribution in [1.29, 1.82) is 0 Å². The second-order valence-corrected chi connectivity index (χ2v) is 7.87. The second kappa shape index (κ2) is 9.67. The molecule has 2 atom stereocenters. The Morgan fingerprint density at radius 1 is 1.13 bits per heavy atom. The lowest BCUT2D eigenvalue weighted by atomic mass is 9.81. The number of nitrogens with one attached hydrogen (secondary N) is 2. The molecule has 1 fully saturated rings. The zero-order chi connectivity index (χ0) is 20.8. The van der Waals surface area contributed by atoms with Crippen molar-refractivity contribution in [2.24, 2.45) is 11.8 Å². The largest absolute Gasteiger partial charge is 0.356 e. The first-order valence-electron chi connectivity index (χ1n) is 10.4. The molecule has 30 heavy (non-hydrogen) atoms. The molecular formula is C24H26FN3O2. The number of amides is 1. The highest BCUT2D eigenvalue weighted by Gasteiger charge is 2.28. The fourth-order valence-electron chi connectivity index (χ4n) is 4.02. The molecule has 2 heterocycles. The number of piperidine rings is 1. The summed E-state index contributed by atoms with van der Waals surface area (Å²) in [6, 6.07) is 18.0. The van der Waals surface area contributed by atoms with E-state index < -0.39 is 0 Å². The molecule has 0 bridgehead atoms. The van der Waals surface area contributed by atoms with Crippen LogP contribution < -0.4 is 10.6 Å². The van der Waals surface area contributed by atoms with Crippen LogP contribution in [0.4, 0.5) is 4.39 Å². The van der Waals surface area contributed by atoms with Crippen LogP contribution in [0.5, 0.6) is 0 Å². The molecule has 156 valence electrons. The summed E-state index contributed by atoms with van der Waals surface area (Å²) in [5.41, 5.74) is 2.76. The van der Waals surface area contributed by atoms with E-state index in [1.807, 2.05) is 36.4 Å². The second-order valence-electron chi connectivity index (χ2n) is 7.87. The van der Waals surface area contributed by atoms with Gasteiger partial charge in [-0.3, -0.25) is 4.79 Å². The van der Waals surface area contributed by atoms with Crippen LogP contribution in [0.15, 0.2) is 65.2 Å². The topological polar surface area (TPSA) is 67.2 Å². The molecule has 2 unspecified atom stereocenters. The average molecular weight is 407 g/mol. The smallest absolute Gasteiger partial charge is 0.220 e. The number of aromatic nitrogens is 1. The molecule has 1 aromatic heterocycles. The summed E-state index contributed by atoms with van der Waals surface area (Å²) in [6.07, 6.45) is 2.22. The molecule has 1 aliphatic heterocycles. The third-order valence-electron chi connectivity index (χ3n) is 5.70. The van der Waals surface area contributed by atoms with Crippen LogP contribution in [0.25, 0.3) is 11.3 Å². The van der Waals surface area contributed by atoms with Gasteiger partial charge in [0.05, 0.1) is 5.69 Å². The molecule has 0 aliphatic carbocycles. The predicted molar refractivity (Wildman–Crippen MR) is 113 cm³/mol. The van der Waals surface area contributed by atoms with E-state index >= 15 is 0 Å². The van der Waals surface area contributed by atoms with Crippen LogP contribution in [0.3, 0.4) is 0 Å². The summed E-state index contributed by atoms with van der Waals surface area (Å²) in [5.74, 6) is 1.05. The number of carbonyl (C=O) groups excluding carboxylic acids is 1. The zero-order valence-corrected chi connectivity index (χ0v) is 16.8. The van der Waals surface area contributed by atoms with E-state index in [0.29, 0.717) is 30.6 Å². The lowest BCUT2D eigenvalue weighted by molar-refractivity contribution is -0.122. The lowest BCUT2D eigenvalue weighted by Gasteiger charge is -2.31. The third kappa shape index (κ3) is 5.33. The van der Waals surface area contributed by atoms with E-state index in [1.54, 1.807) is 12.1 Å². The van der Waals surface area contributed by atoms with Gasteiger partial charge in [0.15, 0.2) is 5.76 Å². The number of rotatable bonds is 7. The monoisotopic (exact) mass is 407 g/mol. The number of hydrogen-bond donors (Lipinski definition) is 2. The average Bonchev–Trinajstić information content (AvgIpc) is 3.23. The maximum absolute atomic E-state index is 13.1. The van der Waals surface area contributed by atoms with Gasteiger partial charge in [-0.15, -0.1) is 0 Å². The van der Waals surface area contributed by atoms with Gasteiger partial charge in [-0.25, -0.2) is 4.39 Å². The standard InChI is InChI=1S/C24H26FN3O2/c25-21-8-6-18(7-9-21)23-14-22(28-30-23)12-20-16-26-11-10-19(20)13-24(29)27-15-17-4-2-1-3-5-17/h1-9,14,19-20,26H,10-13,15-16H2,(H,27,29). The molecule has 0 radical (unpaired) electrons.